The summed E-state index contributed by atoms with van der Waals surface area (Å²) in [7, 11) is 0. The molecule has 0 unspecified atom stereocenters. The van der Waals surface area contributed by atoms with E-state index in [1.165, 1.54) is 44.9 Å². The molecule has 134 valence electrons. The lowest BCUT2D eigenvalue weighted by atomic mass is 10.0. The minimum atomic E-state index is -3.50. The topological polar surface area (TPSA) is 104 Å². The fourth-order valence-corrected chi connectivity index (χ4v) is 2.17. The van der Waals surface area contributed by atoms with Gasteiger partial charge in [-0.2, -0.15) is 0 Å². The van der Waals surface area contributed by atoms with Crippen LogP contribution in [0.2, 0.25) is 0 Å². The van der Waals surface area contributed by atoms with Gasteiger partial charge in [-0.25, -0.2) is 9.59 Å². The van der Waals surface area contributed by atoms with Gasteiger partial charge in [0.05, 0.1) is 0 Å². The normalized spacial score (nSPS) is 11.3. The first kappa shape index (κ1) is 21.6. The predicted octanol–water partition coefficient (Wildman–Crippen LogP) is 3.12. The van der Waals surface area contributed by atoms with E-state index in [0.29, 0.717) is 6.42 Å². The van der Waals surface area contributed by atoms with Crippen LogP contribution in [0.5, 0.6) is 0 Å². The van der Waals surface area contributed by atoms with Gasteiger partial charge in [0.2, 0.25) is 0 Å². The summed E-state index contributed by atoms with van der Waals surface area (Å²) in [6.07, 6.45) is 11.9. The van der Waals surface area contributed by atoms with E-state index in [9.17, 15) is 9.59 Å². The number of unbranched alkanes of at least 4 members (excludes halogenated alkanes) is 9. The number of ether oxygens (including phenoxy) is 1. The Bertz CT molecular complexity index is 375. The molecule has 0 saturated carbocycles. The Labute approximate surface area is 138 Å². The average molecular weight is 330 g/mol. The molecule has 0 spiro atoms. The van der Waals surface area contributed by atoms with E-state index in [-0.39, 0.29) is 5.57 Å². The molecule has 0 aliphatic heterocycles. The number of carboxylic acid groups (broad SMARTS) is 1. The van der Waals surface area contributed by atoms with Gasteiger partial charge < -0.3 is 20.1 Å². The summed E-state index contributed by atoms with van der Waals surface area (Å²) in [5, 5.41) is 26.3. The minimum absolute atomic E-state index is 0.0401. The summed E-state index contributed by atoms with van der Waals surface area (Å²) in [5.41, 5.74) is 0.0401. The first-order chi connectivity index (χ1) is 10.8. The van der Waals surface area contributed by atoms with Crippen LogP contribution in [0, 0.1) is 0 Å². The maximum Gasteiger partial charge on any atom is 0.429 e. The average Bonchev–Trinajstić information content (AvgIpc) is 2.48. The third-order valence-corrected chi connectivity index (χ3v) is 3.63. The highest BCUT2D eigenvalue weighted by molar-refractivity contribution is 5.89. The second-order valence-electron chi connectivity index (χ2n) is 5.84. The molecule has 0 heterocycles. The molecule has 6 nitrogen and oxygen atoms in total. The van der Waals surface area contributed by atoms with E-state index in [1.54, 1.807) is 0 Å². The van der Waals surface area contributed by atoms with Gasteiger partial charge in [0.1, 0.15) is 0 Å². The van der Waals surface area contributed by atoms with Crippen LogP contribution in [-0.2, 0) is 14.3 Å². The summed E-state index contributed by atoms with van der Waals surface area (Å²) in [4.78, 5) is 21.9. The molecule has 0 aromatic rings. The maximum atomic E-state index is 11.4. The van der Waals surface area contributed by atoms with Crippen LogP contribution >= 0.6 is 0 Å². The van der Waals surface area contributed by atoms with Crippen molar-refractivity contribution in [1.82, 2.24) is 0 Å². The molecule has 0 aliphatic carbocycles. The predicted molar refractivity (Wildman–Crippen MR) is 86.5 cm³/mol. The van der Waals surface area contributed by atoms with Crippen molar-refractivity contribution in [2.75, 3.05) is 0 Å². The molecular formula is C17H30O6. The third kappa shape index (κ3) is 10.9. The lowest BCUT2D eigenvalue weighted by Gasteiger charge is -2.16. The van der Waals surface area contributed by atoms with Crippen molar-refractivity contribution < 1.29 is 29.6 Å². The highest BCUT2D eigenvalue weighted by Crippen LogP contribution is 2.15. The van der Waals surface area contributed by atoms with Crippen LogP contribution in [0.25, 0.3) is 0 Å². The number of carboxylic acids is 1. The number of hydrogen-bond acceptors (Lipinski definition) is 5. The Kier molecular flexibility index (Phi) is 11.3. The van der Waals surface area contributed by atoms with Crippen LogP contribution in [0.4, 0.5) is 0 Å². The maximum absolute atomic E-state index is 11.4. The Hall–Kier alpha value is -1.40. The number of aliphatic carboxylic acids is 1. The van der Waals surface area contributed by atoms with E-state index < -0.39 is 17.9 Å². The largest absolute Gasteiger partial charge is 0.474 e. The molecule has 0 rings (SSSR count). The van der Waals surface area contributed by atoms with Crippen molar-refractivity contribution >= 4 is 11.9 Å². The molecule has 0 atom stereocenters. The zero-order valence-electron chi connectivity index (χ0n) is 14.1. The van der Waals surface area contributed by atoms with Gasteiger partial charge in [-0.3, -0.25) is 0 Å². The van der Waals surface area contributed by atoms with Gasteiger partial charge >= 0.3 is 17.9 Å². The van der Waals surface area contributed by atoms with Crippen LogP contribution in [-0.4, -0.2) is 33.2 Å². The van der Waals surface area contributed by atoms with Crippen molar-refractivity contribution in [3.8, 4) is 0 Å². The summed E-state index contributed by atoms with van der Waals surface area (Å²) >= 11 is 0. The SMILES string of the molecule is C=C(CCCCCCCCCCCC)C(=O)OC(O)(O)C(=O)O. The second-order valence-corrected chi connectivity index (χ2v) is 5.84. The molecule has 0 saturated heterocycles. The van der Waals surface area contributed by atoms with Crippen molar-refractivity contribution in [3.05, 3.63) is 12.2 Å². The summed E-state index contributed by atoms with van der Waals surface area (Å²) in [6, 6.07) is 0. The smallest absolute Gasteiger partial charge is 0.429 e. The fourth-order valence-electron chi connectivity index (χ4n) is 2.17. The molecule has 0 radical (unpaired) electrons. The van der Waals surface area contributed by atoms with Gasteiger partial charge in [0.25, 0.3) is 0 Å². The van der Waals surface area contributed by atoms with E-state index in [4.69, 9.17) is 15.3 Å². The highest BCUT2D eigenvalue weighted by atomic mass is 16.8. The van der Waals surface area contributed by atoms with E-state index in [2.05, 4.69) is 18.2 Å². The Morgan fingerprint density at radius 3 is 1.78 bits per heavy atom. The monoisotopic (exact) mass is 330 g/mol. The molecule has 0 bridgehead atoms. The number of rotatable bonds is 14. The van der Waals surface area contributed by atoms with Crippen molar-refractivity contribution in [3.63, 3.8) is 0 Å². The first-order valence-corrected chi connectivity index (χ1v) is 8.40. The Balaban J connectivity index is 3.63. The Morgan fingerprint density at radius 1 is 0.913 bits per heavy atom. The van der Waals surface area contributed by atoms with Crippen LogP contribution in [0.15, 0.2) is 12.2 Å². The second kappa shape index (κ2) is 12.1. The number of hydrogen-bond donors (Lipinski definition) is 3. The standard InChI is InChI=1S/C17H30O6/c1-3-4-5-6-7-8-9-10-11-12-13-14(2)15(18)23-17(21,22)16(19)20/h21-22H,2-13H2,1H3,(H,19,20). The molecule has 0 aromatic heterocycles. The van der Waals surface area contributed by atoms with Crippen molar-refractivity contribution in [2.24, 2.45) is 0 Å². The van der Waals surface area contributed by atoms with Crippen LogP contribution in [0.1, 0.15) is 77.6 Å². The number of esters is 1. The molecule has 0 amide bonds. The van der Waals surface area contributed by atoms with Gasteiger partial charge in [-0.1, -0.05) is 71.3 Å². The number of carbonyl (C=O) groups excluding carboxylic acids is 1. The van der Waals surface area contributed by atoms with Gasteiger partial charge in [-0.15, -0.1) is 0 Å². The lowest BCUT2D eigenvalue weighted by Crippen LogP contribution is -2.43. The molecule has 0 aliphatic rings. The van der Waals surface area contributed by atoms with Gasteiger partial charge in [0.15, 0.2) is 0 Å². The summed E-state index contributed by atoms with van der Waals surface area (Å²) in [6.45, 7) is 5.68. The van der Waals surface area contributed by atoms with Gasteiger partial charge in [0, 0.05) is 5.57 Å². The molecule has 3 N–H and O–H groups in total. The zero-order valence-corrected chi connectivity index (χ0v) is 14.1. The fraction of sp³-hybridized carbons (Fsp3) is 0.765. The molecule has 6 heteroatoms. The third-order valence-electron chi connectivity index (χ3n) is 3.63. The molecular weight excluding hydrogens is 300 g/mol. The minimum Gasteiger partial charge on any atom is -0.474 e. The quantitative estimate of drug-likeness (QED) is 0.196. The first-order valence-electron chi connectivity index (χ1n) is 8.40. The van der Waals surface area contributed by atoms with E-state index in [0.717, 1.165) is 19.3 Å². The van der Waals surface area contributed by atoms with Gasteiger partial charge in [-0.05, 0) is 12.8 Å². The molecule has 23 heavy (non-hydrogen) atoms. The van der Waals surface area contributed by atoms with Crippen molar-refractivity contribution in [2.45, 2.75) is 83.5 Å². The van der Waals surface area contributed by atoms with E-state index >= 15 is 0 Å². The van der Waals surface area contributed by atoms with Crippen molar-refractivity contribution in [1.29, 1.82) is 0 Å². The zero-order chi connectivity index (χ0) is 17.7. The number of carbonyl (C=O) groups is 2. The lowest BCUT2D eigenvalue weighted by molar-refractivity contribution is -0.306. The summed E-state index contributed by atoms with van der Waals surface area (Å²) in [5.74, 6) is -6.65. The van der Waals surface area contributed by atoms with Crippen LogP contribution in [0.3, 0.4) is 0 Å². The number of aliphatic hydroxyl groups is 2. The Morgan fingerprint density at radius 2 is 1.35 bits per heavy atom. The van der Waals surface area contributed by atoms with E-state index in [1.807, 2.05) is 0 Å². The van der Waals surface area contributed by atoms with Crippen LogP contribution < -0.4 is 0 Å². The highest BCUT2D eigenvalue weighted by Gasteiger charge is 2.38. The molecule has 0 fully saturated rings. The molecule has 0 aromatic carbocycles. The summed E-state index contributed by atoms with van der Waals surface area (Å²) < 4.78 is 4.08.